The maximum Gasteiger partial charge on any atom is 0.304 e. The highest BCUT2D eigenvalue weighted by Gasteiger charge is 2.25. The van der Waals surface area contributed by atoms with Crippen molar-refractivity contribution in [3.8, 4) is 12.3 Å². The van der Waals surface area contributed by atoms with Gasteiger partial charge in [-0.05, 0) is 19.4 Å². The van der Waals surface area contributed by atoms with Gasteiger partial charge in [0.15, 0.2) is 0 Å². The van der Waals surface area contributed by atoms with Crippen LogP contribution in [0.3, 0.4) is 0 Å². The summed E-state index contributed by atoms with van der Waals surface area (Å²) >= 11 is 0. The van der Waals surface area contributed by atoms with Gasteiger partial charge in [0.2, 0.25) is 5.91 Å². The molecule has 0 radical (unpaired) electrons. The number of carboxylic acids is 1. The van der Waals surface area contributed by atoms with Gasteiger partial charge in [0.25, 0.3) is 0 Å². The lowest BCUT2D eigenvalue weighted by molar-refractivity contribution is -0.139. The van der Waals surface area contributed by atoms with Crippen LogP contribution in [0.1, 0.15) is 25.7 Å². The topological polar surface area (TPSA) is 69.6 Å². The number of carbonyl (C=O) groups excluding carboxylic acids is 1. The maximum atomic E-state index is 11.5. The van der Waals surface area contributed by atoms with E-state index in [0.29, 0.717) is 0 Å². The molecule has 1 aliphatic heterocycles. The summed E-state index contributed by atoms with van der Waals surface area (Å²) in [5, 5.41) is 11.4. The Kier molecular flexibility index (Phi) is 5.50. The summed E-state index contributed by atoms with van der Waals surface area (Å²) in [5.74, 6) is 1.38. The molecule has 94 valence electrons. The van der Waals surface area contributed by atoms with Crippen LogP contribution in [-0.4, -0.2) is 47.6 Å². The molecule has 0 aromatic rings. The first-order valence-corrected chi connectivity index (χ1v) is 5.79. The van der Waals surface area contributed by atoms with Gasteiger partial charge in [-0.15, -0.1) is 6.42 Å². The highest BCUT2D eigenvalue weighted by atomic mass is 16.4. The number of likely N-dealkylation sites (tertiary alicyclic amines) is 1. The lowest BCUT2D eigenvalue weighted by atomic mass is 9.99. The highest BCUT2D eigenvalue weighted by Crippen LogP contribution is 2.19. The number of piperidine rings is 1. The molecule has 17 heavy (non-hydrogen) atoms. The smallest absolute Gasteiger partial charge is 0.304 e. The molecule has 5 heteroatoms. The molecule has 1 unspecified atom stereocenters. The van der Waals surface area contributed by atoms with Crippen LogP contribution in [0.15, 0.2) is 0 Å². The van der Waals surface area contributed by atoms with E-state index in [1.54, 1.807) is 0 Å². The average Bonchev–Trinajstić information content (AvgIpc) is 2.28. The first-order valence-electron chi connectivity index (χ1n) is 5.79. The minimum Gasteiger partial charge on any atom is -0.481 e. The number of nitrogens with zero attached hydrogens (tertiary/aromatic N) is 1. The molecule has 1 fully saturated rings. The Labute approximate surface area is 101 Å². The Hall–Kier alpha value is -1.54. The predicted octanol–water partition coefficient (Wildman–Crippen LogP) is 0.0650. The number of nitrogens with one attached hydrogen (secondary N) is 1. The number of aliphatic carboxylic acids is 1. The van der Waals surface area contributed by atoms with E-state index in [4.69, 9.17) is 11.5 Å². The van der Waals surface area contributed by atoms with Crippen LogP contribution in [0, 0.1) is 12.3 Å². The lowest BCUT2D eigenvalue weighted by Crippen LogP contribution is -2.46. The summed E-state index contributed by atoms with van der Waals surface area (Å²) in [6, 6.07) is -0.0298. The fourth-order valence-corrected chi connectivity index (χ4v) is 2.09. The zero-order chi connectivity index (χ0) is 12.7. The summed E-state index contributed by atoms with van der Waals surface area (Å²) < 4.78 is 0. The third kappa shape index (κ3) is 4.87. The molecule has 1 aliphatic rings. The van der Waals surface area contributed by atoms with E-state index >= 15 is 0 Å². The van der Waals surface area contributed by atoms with Gasteiger partial charge in [0.1, 0.15) is 0 Å². The van der Waals surface area contributed by atoms with Crippen LogP contribution < -0.4 is 5.32 Å². The number of hydrogen-bond donors (Lipinski definition) is 2. The Morgan fingerprint density at radius 1 is 1.47 bits per heavy atom. The normalized spacial score (nSPS) is 20.5. The molecule has 0 aromatic heterocycles. The minimum atomic E-state index is -0.814. The molecule has 1 atom stereocenters. The first kappa shape index (κ1) is 13.5. The van der Waals surface area contributed by atoms with Gasteiger partial charge in [0, 0.05) is 6.04 Å². The van der Waals surface area contributed by atoms with Crippen LogP contribution in [0.4, 0.5) is 0 Å². The quantitative estimate of drug-likeness (QED) is 0.665. The zero-order valence-corrected chi connectivity index (χ0v) is 9.82. The molecule has 0 spiro atoms. The molecule has 1 saturated heterocycles. The van der Waals surface area contributed by atoms with Crippen LogP contribution >= 0.6 is 0 Å². The third-order valence-corrected chi connectivity index (χ3v) is 2.89. The second kappa shape index (κ2) is 6.92. The standard InChI is InChI=1S/C12H18N2O3/c1-2-6-13-11(15)9-14-7-4-3-5-10(14)8-12(16)17/h1,10H,3-9H2,(H,13,15)(H,16,17). The van der Waals surface area contributed by atoms with Gasteiger partial charge in [0.05, 0.1) is 19.5 Å². The minimum absolute atomic E-state index is 0.0298. The Morgan fingerprint density at radius 2 is 2.24 bits per heavy atom. The van der Waals surface area contributed by atoms with Crippen molar-refractivity contribution in [3.05, 3.63) is 0 Å². The summed E-state index contributed by atoms with van der Waals surface area (Å²) in [6.45, 7) is 1.23. The summed E-state index contributed by atoms with van der Waals surface area (Å²) in [5.41, 5.74) is 0. The van der Waals surface area contributed by atoms with Crippen molar-refractivity contribution >= 4 is 11.9 Å². The van der Waals surface area contributed by atoms with Crippen LogP contribution in [-0.2, 0) is 9.59 Å². The third-order valence-electron chi connectivity index (χ3n) is 2.89. The van der Waals surface area contributed by atoms with Gasteiger partial charge < -0.3 is 10.4 Å². The van der Waals surface area contributed by atoms with E-state index in [1.165, 1.54) is 0 Å². The first-order chi connectivity index (χ1) is 8.13. The molecule has 1 amide bonds. The molecular weight excluding hydrogens is 220 g/mol. The molecule has 0 aliphatic carbocycles. The van der Waals surface area contributed by atoms with Crippen molar-refractivity contribution in [1.82, 2.24) is 10.2 Å². The summed E-state index contributed by atoms with van der Waals surface area (Å²) in [6.07, 6.45) is 8.03. The Bertz CT molecular complexity index is 322. The average molecular weight is 238 g/mol. The maximum absolute atomic E-state index is 11.5. The van der Waals surface area contributed by atoms with Crippen LogP contribution in [0.5, 0.6) is 0 Å². The molecule has 0 bridgehead atoms. The van der Waals surface area contributed by atoms with E-state index in [9.17, 15) is 9.59 Å². The van der Waals surface area contributed by atoms with E-state index in [2.05, 4.69) is 11.2 Å². The fraction of sp³-hybridized carbons (Fsp3) is 0.667. The van der Waals surface area contributed by atoms with Gasteiger partial charge in [-0.25, -0.2) is 0 Å². The van der Waals surface area contributed by atoms with Crippen molar-refractivity contribution in [2.45, 2.75) is 31.7 Å². The Morgan fingerprint density at radius 3 is 2.88 bits per heavy atom. The summed E-state index contributed by atoms with van der Waals surface area (Å²) in [7, 11) is 0. The largest absolute Gasteiger partial charge is 0.481 e. The number of rotatable bonds is 5. The number of terminal acetylenes is 1. The molecule has 1 heterocycles. The fourth-order valence-electron chi connectivity index (χ4n) is 2.09. The molecule has 0 aromatic carbocycles. The number of carboxylic acid groups (broad SMARTS) is 1. The summed E-state index contributed by atoms with van der Waals surface area (Å²) in [4.78, 5) is 24.2. The van der Waals surface area contributed by atoms with Gasteiger partial charge in [-0.2, -0.15) is 0 Å². The lowest BCUT2D eigenvalue weighted by Gasteiger charge is -2.34. The van der Waals surface area contributed by atoms with Crippen molar-refractivity contribution in [3.63, 3.8) is 0 Å². The molecule has 2 N–H and O–H groups in total. The van der Waals surface area contributed by atoms with Crippen LogP contribution in [0.2, 0.25) is 0 Å². The number of carbonyl (C=O) groups is 2. The van der Waals surface area contributed by atoms with E-state index in [1.807, 2.05) is 4.90 Å². The zero-order valence-electron chi connectivity index (χ0n) is 9.82. The van der Waals surface area contributed by atoms with Crippen LogP contribution in [0.25, 0.3) is 0 Å². The highest BCUT2D eigenvalue weighted by molar-refractivity contribution is 5.78. The SMILES string of the molecule is C#CCNC(=O)CN1CCCCC1CC(=O)O. The van der Waals surface area contributed by atoms with Crippen molar-refractivity contribution < 1.29 is 14.7 Å². The number of hydrogen-bond acceptors (Lipinski definition) is 3. The van der Waals surface area contributed by atoms with Gasteiger partial charge >= 0.3 is 5.97 Å². The van der Waals surface area contributed by atoms with Crippen molar-refractivity contribution in [2.24, 2.45) is 0 Å². The second-order valence-electron chi connectivity index (χ2n) is 4.20. The van der Waals surface area contributed by atoms with E-state index in [0.717, 1.165) is 25.8 Å². The predicted molar refractivity (Wildman–Crippen MR) is 63.3 cm³/mol. The van der Waals surface area contributed by atoms with Crippen molar-refractivity contribution in [2.75, 3.05) is 19.6 Å². The monoisotopic (exact) mass is 238 g/mol. The Balaban J connectivity index is 2.45. The second-order valence-corrected chi connectivity index (χ2v) is 4.20. The van der Waals surface area contributed by atoms with E-state index < -0.39 is 5.97 Å². The molecule has 0 saturated carbocycles. The molecule has 1 rings (SSSR count). The van der Waals surface area contributed by atoms with Crippen molar-refractivity contribution in [1.29, 1.82) is 0 Å². The van der Waals surface area contributed by atoms with E-state index in [-0.39, 0.29) is 31.5 Å². The number of amides is 1. The molecular formula is C12H18N2O3. The van der Waals surface area contributed by atoms with Gasteiger partial charge in [-0.1, -0.05) is 12.3 Å². The van der Waals surface area contributed by atoms with Gasteiger partial charge in [-0.3, -0.25) is 14.5 Å². The molecule has 5 nitrogen and oxygen atoms in total.